The molecule has 3 saturated carbocycles. The van der Waals surface area contributed by atoms with Crippen molar-refractivity contribution in [1.29, 1.82) is 0 Å². The van der Waals surface area contributed by atoms with Crippen LogP contribution in [0.4, 0.5) is 4.79 Å². The third-order valence-corrected chi connectivity index (χ3v) is 18.9. The molecule has 0 heterocycles. The van der Waals surface area contributed by atoms with Gasteiger partial charge in [-0.15, -0.1) is 0 Å². The first-order valence-electron chi connectivity index (χ1n) is 30.2. The molecule has 0 aliphatic heterocycles. The van der Waals surface area contributed by atoms with Crippen molar-refractivity contribution in [2.75, 3.05) is 19.8 Å². The standard InChI is InChI=1S/C68H100O5/c1-7-8-9-10-11-12-13-14-15-16-17-18-19-20-21-31-49-70-65(69)71-51-60(52-72-68(55-35-25-22-26-36-55,56-37-27-23-28-38-56)57-39-29-24-30-40-57)73-59-45-47-66(5)58(50-59)41-42-61-63-44-43-62(54(4)34-32-33-53(2)3)67(63,6)48-46-64(61)66/h14-15,22-30,35-41,53-54,59-64H,7-13,16-21,31-34,42-52H2,1-6H3/b15-14-/t54-,59?,60?,61?,62-,63?,64?,66+,67-/m1/s1. The van der Waals surface area contributed by atoms with Crippen molar-refractivity contribution < 1.29 is 23.7 Å². The van der Waals surface area contributed by atoms with Crippen molar-refractivity contribution in [3.63, 3.8) is 0 Å². The van der Waals surface area contributed by atoms with Gasteiger partial charge in [-0.3, -0.25) is 0 Å². The summed E-state index contributed by atoms with van der Waals surface area (Å²) in [5.41, 5.74) is 4.49. The van der Waals surface area contributed by atoms with Crippen molar-refractivity contribution >= 4 is 6.16 Å². The Hall–Kier alpha value is -3.67. The molecule has 0 bridgehead atoms. The van der Waals surface area contributed by atoms with Crippen molar-refractivity contribution in [3.8, 4) is 0 Å². The van der Waals surface area contributed by atoms with Crippen molar-refractivity contribution in [2.24, 2.45) is 46.3 Å². The van der Waals surface area contributed by atoms with Crippen LogP contribution in [0, 0.1) is 46.3 Å². The van der Waals surface area contributed by atoms with Crippen LogP contribution in [0.25, 0.3) is 0 Å². The number of carbonyl (C=O) groups excluding carboxylic acids is 1. The summed E-state index contributed by atoms with van der Waals surface area (Å²) in [5, 5.41) is 0. The first-order valence-corrected chi connectivity index (χ1v) is 30.2. The van der Waals surface area contributed by atoms with Gasteiger partial charge in [-0.05, 0) is 146 Å². The highest BCUT2D eigenvalue weighted by Gasteiger charge is 2.59. The second kappa shape index (κ2) is 29.0. The Bertz CT molecular complexity index is 1980. The quantitative estimate of drug-likeness (QED) is 0.0278. The van der Waals surface area contributed by atoms with E-state index in [1.165, 1.54) is 122 Å². The highest BCUT2D eigenvalue weighted by atomic mass is 16.7. The van der Waals surface area contributed by atoms with Crippen LogP contribution in [0.5, 0.6) is 0 Å². The Labute approximate surface area is 445 Å². The Kier molecular flexibility index (Phi) is 22.7. The van der Waals surface area contributed by atoms with Crippen LogP contribution >= 0.6 is 0 Å². The molecule has 0 N–H and O–H groups in total. The number of rotatable bonds is 31. The van der Waals surface area contributed by atoms with Crippen molar-refractivity contribution in [3.05, 3.63) is 131 Å². The van der Waals surface area contributed by atoms with Gasteiger partial charge in [0.2, 0.25) is 0 Å². The molecule has 9 atom stereocenters. The fourth-order valence-electron chi connectivity index (χ4n) is 14.9. The van der Waals surface area contributed by atoms with E-state index in [1.54, 1.807) is 5.57 Å². The Morgan fingerprint density at radius 1 is 0.644 bits per heavy atom. The van der Waals surface area contributed by atoms with E-state index in [9.17, 15) is 4.79 Å². The summed E-state index contributed by atoms with van der Waals surface area (Å²) < 4.78 is 26.2. The van der Waals surface area contributed by atoms with E-state index >= 15 is 0 Å². The minimum Gasteiger partial charge on any atom is -0.434 e. The number of allylic oxidation sites excluding steroid dienone is 3. The van der Waals surface area contributed by atoms with Crippen LogP contribution in [0.1, 0.15) is 219 Å². The van der Waals surface area contributed by atoms with Crippen LogP contribution in [0.15, 0.2) is 115 Å². The lowest BCUT2D eigenvalue weighted by molar-refractivity contribution is -0.123. The molecule has 4 aliphatic rings. The molecule has 402 valence electrons. The van der Waals surface area contributed by atoms with E-state index in [0.29, 0.717) is 12.0 Å². The van der Waals surface area contributed by atoms with Crippen molar-refractivity contribution in [2.45, 2.75) is 220 Å². The van der Waals surface area contributed by atoms with Gasteiger partial charge in [0.15, 0.2) is 0 Å². The number of unbranched alkanes of at least 4 members (excludes halogenated alkanes) is 12. The van der Waals surface area contributed by atoms with Crippen LogP contribution in [0.2, 0.25) is 0 Å². The van der Waals surface area contributed by atoms with E-state index in [-0.39, 0.29) is 24.7 Å². The zero-order valence-electron chi connectivity index (χ0n) is 46.9. The molecule has 3 aromatic rings. The normalized spacial score (nSPS) is 25.7. The van der Waals surface area contributed by atoms with Crippen molar-refractivity contribution in [1.82, 2.24) is 0 Å². The third kappa shape index (κ3) is 15.3. The van der Waals surface area contributed by atoms with Gasteiger partial charge < -0.3 is 18.9 Å². The van der Waals surface area contributed by atoms with Gasteiger partial charge in [0.05, 0.1) is 19.3 Å². The molecular weight excluding hydrogens is 897 g/mol. The van der Waals surface area contributed by atoms with Gasteiger partial charge in [0, 0.05) is 0 Å². The predicted octanol–water partition coefficient (Wildman–Crippen LogP) is 19.0. The number of ether oxygens (including phenoxy) is 4. The average Bonchev–Trinajstić information content (AvgIpc) is 3.77. The fourth-order valence-corrected chi connectivity index (χ4v) is 14.9. The maximum Gasteiger partial charge on any atom is 0.508 e. The highest BCUT2D eigenvalue weighted by Crippen LogP contribution is 2.67. The zero-order chi connectivity index (χ0) is 51.4. The maximum atomic E-state index is 13.3. The lowest BCUT2D eigenvalue weighted by atomic mass is 9.47. The molecule has 0 spiro atoms. The van der Waals surface area contributed by atoms with E-state index in [1.807, 2.05) is 0 Å². The molecule has 0 saturated heterocycles. The number of carbonyl (C=O) groups is 1. The van der Waals surface area contributed by atoms with Crippen LogP contribution in [-0.4, -0.2) is 38.2 Å². The predicted molar refractivity (Wildman–Crippen MR) is 304 cm³/mol. The monoisotopic (exact) mass is 997 g/mol. The summed E-state index contributed by atoms with van der Waals surface area (Å²) in [6.07, 6.45) is 37.7. The van der Waals surface area contributed by atoms with Crippen LogP contribution in [-0.2, 0) is 24.5 Å². The smallest absolute Gasteiger partial charge is 0.434 e. The van der Waals surface area contributed by atoms with Gasteiger partial charge in [0.1, 0.15) is 18.3 Å². The van der Waals surface area contributed by atoms with Gasteiger partial charge in [-0.2, -0.15) is 0 Å². The minimum atomic E-state index is -0.914. The summed E-state index contributed by atoms with van der Waals surface area (Å²) >= 11 is 0. The lowest BCUT2D eigenvalue weighted by Crippen LogP contribution is -2.51. The van der Waals surface area contributed by atoms with E-state index in [4.69, 9.17) is 18.9 Å². The Morgan fingerprint density at radius 3 is 1.84 bits per heavy atom. The molecule has 7 rings (SSSR count). The molecule has 5 unspecified atom stereocenters. The first-order chi connectivity index (χ1) is 35.6. The topological polar surface area (TPSA) is 54.0 Å². The molecule has 5 nitrogen and oxygen atoms in total. The second-order valence-electron chi connectivity index (χ2n) is 24.4. The SMILES string of the molecule is CCCCCCCC/C=C\CCCCCCCCOC(=O)OCC(COC(c1ccccc1)(c1ccccc1)c1ccccc1)OC1CC[C@@]2(C)C(=CCC3C2CC[C@@]2(C)C3CC[C@@H]2[C@H](C)CCCC(C)C)C1. The van der Waals surface area contributed by atoms with Gasteiger partial charge in [-0.25, -0.2) is 4.79 Å². The average molecular weight is 998 g/mol. The summed E-state index contributed by atoms with van der Waals surface area (Å²) in [7, 11) is 0. The van der Waals surface area contributed by atoms with Gasteiger partial charge in [0.25, 0.3) is 0 Å². The molecule has 73 heavy (non-hydrogen) atoms. The maximum absolute atomic E-state index is 13.3. The zero-order valence-corrected chi connectivity index (χ0v) is 46.9. The summed E-state index contributed by atoms with van der Waals surface area (Å²) in [6.45, 7) is 15.6. The molecule has 0 radical (unpaired) electrons. The Morgan fingerprint density at radius 2 is 1.23 bits per heavy atom. The number of fused-ring (bicyclic) bond motifs is 5. The molecule has 0 amide bonds. The van der Waals surface area contributed by atoms with Gasteiger partial charge in [-0.1, -0.05) is 233 Å². The fraction of sp³-hybridized carbons (Fsp3) is 0.662. The number of benzene rings is 3. The lowest BCUT2D eigenvalue weighted by Gasteiger charge is -2.58. The largest absolute Gasteiger partial charge is 0.508 e. The molecule has 3 aromatic carbocycles. The highest BCUT2D eigenvalue weighted by molar-refractivity contribution is 5.59. The summed E-state index contributed by atoms with van der Waals surface area (Å²) in [6, 6.07) is 31.6. The molecular formula is C68H100O5. The van der Waals surface area contributed by atoms with E-state index in [2.05, 4.69) is 151 Å². The summed E-state index contributed by atoms with van der Waals surface area (Å²) in [4.78, 5) is 13.3. The van der Waals surface area contributed by atoms with Gasteiger partial charge >= 0.3 is 6.16 Å². The molecule has 5 heteroatoms. The first kappa shape index (κ1) is 57.0. The summed E-state index contributed by atoms with van der Waals surface area (Å²) in [5.74, 6) is 4.87. The number of hydrogen-bond donors (Lipinski definition) is 0. The third-order valence-electron chi connectivity index (χ3n) is 18.9. The number of hydrogen-bond acceptors (Lipinski definition) is 5. The van der Waals surface area contributed by atoms with Crippen LogP contribution < -0.4 is 0 Å². The molecule has 4 aliphatic carbocycles. The Balaban J connectivity index is 0.963. The minimum absolute atomic E-state index is 0.0150. The van der Waals surface area contributed by atoms with E-state index < -0.39 is 17.9 Å². The molecule has 0 aromatic heterocycles. The molecule has 3 fully saturated rings. The second-order valence-corrected chi connectivity index (χ2v) is 24.4. The van der Waals surface area contributed by atoms with Crippen LogP contribution in [0.3, 0.4) is 0 Å². The van der Waals surface area contributed by atoms with E-state index in [0.717, 1.165) is 90.7 Å².